The van der Waals surface area contributed by atoms with E-state index in [1.165, 1.54) is 0 Å². The van der Waals surface area contributed by atoms with E-state index in [4.69, 9.17) is 5.11 Å². The summed E-state index contributed by atoms with van der Waals surface area (Å²) in [7, 11) is -1.74. The van der Waals surface area contributed by atoms with E-state index < -0.39 is 25.8 Å². The molecule has 0 bridgehead atoms. The minimum Gasteiger partial charge on any atom is -0.465 e. The van der Waals surface area contributed by atoms with Crippen molar-refractivity contribution in [2.75, 3.05) is 11.4 Å². The maximum atomic E-state index is 13.9. The Hall–Kier alpha value is -1.87. The largest absolute Gasteiger partial charge is 0.465 e. The van der Waals surface area contributed by atoms with Crippen molar-refractivity contribution < 1.29 is 18.7 Å². The Kier molecular flexibility index (Phi) is 4.90. The third-order valence-electron chi connectivity index (χ3n) is 2.42. The fourth-order valence-electron chi connectivity index (χ4n) is 1.58. The summed E-state index contributed by atoms with van der Waals surface area (Å²) in [6, 6.07) is 1.73. The first-order chi connectivity index (χ1) is 9.15. The quantitative estimate of drug-likeness (QED) is 0.668. The van der Waals surface area contributed by atoms with Crippen LogP contribution in [0.25, 0.3) is 0 Å². The van der Waals surface area contributed by atoms with Gasteiger partial charge >= 0.3 is 6.09 Å². The van der Waals surface area contributed by atoms with Crippen molar-refractivity contribution in [3.63, 3.8) is 0 Å². The predicted molar refractivity (Wildman–Crippen MR) is 77.6 cm³/mol. The SMILES string of the molecule is CCN(C(=O)O)c1c(F)cc(F)cc1C#C[Si](C)(C)C. The number of benzene rings is 1. The van der Waals surface area contributed by atoms with E-state index in [0.29, 0.717) is 6.07 Å². The molecule has 20 heavy (non-hydrogen) atoms. The molecule has 0 saturated carbocycles. The van der Waals surface area contributed by atoms with E-state index in [9.17, 15) is 13.6 Å². The molecule has 1 rings (SSSR count). The molecule has 1 aromatic rings. The molecule has 0 heterocycles. The number of hydrogen-bond donors (Lipinski definition) is 1. The summed E-state index contributed by atoms with van der Waals surface area (Å²) in [5, 5.41) is 9.10. The molecule has 108 valence electrons. The van der Waals surface area contributed by atoms with Gasteiger partial charge in [0.2, 0.25) is 0 Å². The molecule has 0 spiro atoms. The molecule has 0 fully saturated rings. The molecule has 1 N–H and O–H groups in total. The minimum atomic E-state index is -1.74. The van der Waals surface area contributed by atoms with Gasteiger partial charge in [0.15, 0.2) is 5.82 Å². The molecule has 3 nitrogen and oxygen atoms in total. The van der Waals surface area contributed by atoms with E-state index in [2.05, 4.69) is 11.5 Å². The highest BCUT2D eigenvalue weighted by molar-refractivity contribution is 6.83. The van der Waals surface area contributed by atoms with Crippen molar-refractivity contribution >= 4 is 19.9 Å². The molecule has 6 heteroatoms. The number of carbonyl (C=O) groups is 1. The van der Waals surface area contributed by atoms with Crippen molar-refractivity contribution in [2.24, 2.45) is 0 Å². The van der Waals surface area contributed by atoms with Gasteiger partial charge in [-0.2, -0.15) is 0 Å². The average molecular weight is 297 g/mol. The summed E-state index contributed by atoms with van der Waals surface area (Å²) in [4.78, 5) is 12.0. The molecular weight excluding hydrogens is 280 g/mol. The highest BCUT2D eigenvalue weighted by Crippen LogP contribution is 2.25. The molecule has 0 atom stereocenters. The van der Waals surface area contributed by atoms with Crippen LogP contribution in [0.5, 0.6) is 0 Å². The first-order valence-corrected chi connectivity index (χ1v) is 9.68. The van der Waals surface area contributed by atoms with Crippen LogP contribution >= 0.6 is 0 Å². The van der Waals surface area contributed by atoms with Gasteiger partial charge < -0.3 is 5.11 Å². The van der Waals surface area contributed by atoms with Crippen LogP contribution in [0.2, 0.25) is 19.6 Å². The maximum Gasteiger partial charge on any atom is 0.411 e. The number of halogens is 2. The zero-order chi connectivity index (χ0) is 15.5. The van der Waals surface area contributed by atoms with Crippen LogP contribution in [-0.2, 0) is 0 Å². The lowest BCUT2D eigenvalue weighted by Crippen LogP contribution is -2.30. The van der Waals surface area contributed by atoms with E-state index >= 15 is 0 Å². The van der Waals surface area contributed by atoms with E-state index in [1.54, 1.807) is 6.92 Å². The Morgan fingerprint density at radius 1 is 1.35 bits per heavy atom. The summed E-state index contributed by atoms with van der Waals surface area (Å²) < 4.78 is 27.3. The predicted octanol–water partition coefficient (Wildman–Crippen LogP) is 3.70. The molecule has 0 aliphatic rings. The zero-order valence-corrected chi connectivity index (χ0v) is 12.9. The summed E-state index contributed by atoms with van der Waals surface area (Å²) in [5.74, 6) is 1.04. The van der Waals surface area contributed by atoms with Gasteiger partial charge in [0.1, 0.15) is 13.9 Å². The number of hydrogen-bond acceptors (Lipinski definition) is 1. The monoisotopic (exact) mass is 297 g/mol. The normalized spacial score (nSPS) is 10.7. The van der Waals surface area contributed by atoms with Crippen LogP contribution in [0, 0.1) is 23.1 Å². The highest BCUT2D eigenvalue weighted by Gasteiger charge is 2.21. The molecule has 1 aromatic carbocycles. The lowest BCUT2D eigenvalue weighted by atomic mass is 10.1. The van der Waals surface area contributed by atoms with Gasteiger partial charge in [-0.1, -0.05) is 25.6 Å². The third kappa shape index (κ3) is 4.07. The molecule has 0 aromatic heterocycles. The number of anilines is 1. The lowest BCUT2D eigenvalue weighted by molar-refractivity contribution is 0.202. The van der Waals surface area contributed by atoms with Gasteiger partial charge in [0.05, 0.1) is 11.3 Å². The molecule has 0 aliphatic heterocycles. The second-order valence-corrected chi connectivity index (χ2v) is 10.1. The van der Waals surface area contributed by atoms with Crippen LogP contribution < -0.4 is 4.90 Å². The first-order valence-electron chi connectivity index (χ1n) is 6.18. The van der Waals surface area contributed by atoms with Crippen molar-refractivity contribution in [3.05, 3.63) is 29.3 Å². The minimum absolute atomic E-state index is 0.0551. The molecule has 0 aliphatic carbocycles. The van der Waals surface area contributed by atoms with Crippen LogP contribution in [-0.4, -0.2) is 25.8 Å². The van der Waals surface area contributed by atoms with Gasteiger partial charge in [-0.25, -0.2) is 13.6 Å². The van der Waals surface area contributed by atoms with Crippen molar-refractivity contribution in [1.29, 1.82) is 0 Å². The van der Waals surface area contributed by atoms with Gasteiger partial charge in [0.25, 0.3) is 0 Å². The second-order valence-electron chi connectivity index (χ2n) is 5.31. The number of amides is 1. The summed E-state index contributed by atoms with van der Waals surface area (Å²) in [6.45, 7) is 7.60. The summed E-state index contributed by atoms with van der Waals surface area (Å²) >= 11 is 0. The maximum absolute atomic E-state index is 13.9. The van der Waals surface area contributed by atoms with Gasteiger partial charge in [-0.3, -0.25) is 4.90 Å². The lowest BCUT2D eigenvalue weighted by Gasteiger charge is -2.19. The van der Waals surface area contributed by atoms with Crippen LogP contribution in [0.3, 0.4) is 0 Å². The smallest absolute Gasteiger partial charge is 0.411 e. The number of nitrogens with zero attached hydrogens (tertiary/aromatic N) is 1. The Labute approximate surface area is 118 Å². The van der Waals surface area contributed by atoms with E-state index in [-0.39, 0.29) is 17.8 Å². The summed E-state index contributed by atoms with van der Waals surface area (Å²) in [6.07, 6.45) is -1.30. The number of rotatable bonds is 2. The zero-order valence-electron chi connectivity index (χ0n) is 11.9. The van der Waals surface area contributed by atoms with Crippen molar-refractivity contribution in [2.45, 2.75) is 26.6 Å². The molecule has 0 unspecified atom stereocenters. The molecular formula is C14H17F2NO2Si. The second kappa shape index (κ2) is 6.05. The third-order valence-corrected chi connectivity index (χ3v) is 3.29. The Bertz CT molecular complexity index is 585. The van der Waals surface area contributed by atoms with Crippen LogP contribution in [0.15, 0.2) is 12.1 Å². The Morgan fingerprint density at radius 3 is 2.40 bits per heavy atom. The van der Waals surface area contributed by atoms with Gasteiger partial charge in [-0.05, 0) is 13.0 Å². The summed E-state index contributed by atoms with van der Waals surface area (Å²) in [5.41, 5.74) is 2.86. The van der Waals surface area contributed by atoms with Crippen LogP contribution in [0.4, 0.5) is 19.3 Å². The fourth-order valence-corrected chi connectivity index (χ4v) is 2.09. The highest BCUT2D eigenvalue weighted by atomic mass is 28.3. The molecule has 0 saturated heterocycles. The van der Waals surface area contributed by atoms with Crippen molar-refractivity contribution in [1.82, 2.24) is 0 Å². The number of carboxylic acid groups (broad SMARTS) is 1. The van der Waals surface area contributed by atoms with Crippen LogP contribution in [0.1, 0.15) is 12.5 Å². The van der Waals surface area contributed by atoms with E-state index in [0.717, 1.165) is 11.0 Å². The van der Waals surface area contributed by atoms with Crippen molar-refractivity contribution in [3.8, 4) is 11.5 Å². The van der Waals surface area contributed by atoms with Gasteiger partial charge in [0, 0.05) is 12.6 Å². The average Bonchev–Trinajstić information content (AvgIpc) is 2.28. The first kappa shape index (κ1) is 16.2. The molecule has 0 radical (unpaired) electrons. The Balaban J connectivity index is 3.48. The van der Waals surface area contributed by atoms with E-state index in [1.807, 2.05) is 19.6 Å². The Morgan fingerprint density at radius 2 is 1.95 bits per heavy atom. The topological polar surface area (TPSA) is 40.5 Å². The fraction of sp³-hybridized carbons (Fsp3) is 0.357. The molecule has 1 amide bonds. The van der Waals surface area contributed by atoms with Gasteiger partial charge in [-0.15, -0.1) is 5.54 Å². The standard InChI is InChI=1S/C14H17F2NO2Si/c1-5-17(14(18)19)13-10(6-7-20(2,3)4)8-11(15)9-12(13)16/h8-9H,5H2,1-4H3,(H,18,19).